The topological polar surface area (TPSA) is 102 Å². The van der Waals surface area contributed by atoms with Crippen molar-refractivity contribution in [1.82, 2.24) is 20.2 Å². The Bertz CT molecular complexity index is 609. The Labute approximate surface area is 135 Å². The second-order valence-electron chi connectivity index (χ2n) is 6.30. The number of nitriles is 1. The summed E-state index contributed by atoms with van der Waals surface area (Å²) >= 11 is 0. The van der Waals surface area contributed by atoms with Gasteiger partial charge in [0, 0.05) is 6.54 Å². The molecule has 2 fully saturated rings. The number of carbonyl (C=O) groups is 1. The maximum absolute atomic E-state index is 11.6. The minimum Gasteiger partial charge on any atom is -0.465 e. The van der Waals surface area contributed by atoms with E-state index in [-0.39, 0.29) is 11.7 Å². The van der Waals surface area contributed by atoms with Crippen molar-refractivity contribution < 1.29 is 9.90 Å². The summed E-state index contributed by atoms with van der Waals surface area (Å²) in [5.74, 6) is 1.15. The van der Waals surface area contributed by atoms with Gasteiger partial charge >= 0.3 is 6.09 Å². The van der Waals surface area contributed by atoms with E-state index >= 15 is 0 Å². The molecule has 0 aliphatic carbocycles. The molecule has 2 aliphatic heterocycles. The highest BCUT2D eigenvalue weighted by Crippen LogP contribution is 2.39. The summed E-state index contributed by atoms with van der Waals surface area (Å²) < 4.78 is 0. The van der Waals surface area contributed by atoms with Gasteiger partial charge in [0.15, 0.2) is 5.69 Å². The first-order chi connectivity index (χ1) is 11.2. The highest BCUT2D eigenvalue weighted by molar-refractivity contribution is 5.65. The summed E-state index contributed by atoms with van der Waals surface area (Å²) in [5, 5.41) is 21.9. The van der Waals surface area contributed by atoms with E-state index in [9.17, 15) is 9.90 Å². The fourth-order valence-corrected chi connectivity index (χ4v) is 3.84. The number of carboxylic acid groups (broad SMARTS) is 1. The minimum absolute atomic E-state index is 0.233. The van der Waals surface area contributed by atoms with Gasteiger partial charge in [0.2, 0.25) is 0 Å². The van der Waals surface area contributed by atoms with Gasteiger partial charge in [-0.15, -0.1) is 0 Å². The molecule has 122 valence electrons. The average Bonchev–Trinajstić information content (AvgIpc) is 2.62. The molecule has 23 heavy (non-hydrogen) atoms. The zero-order valence-electron chi connectivity index (χ0n) is 13.0. The predicted molar refractivity (Wildman–Crippen MR) is 82.5 cm³/mol. The average molecular weight is 315 g/mol. The highest BCUT2D eigenvalue weighted by atomic mass is 16.4. The van der Waals surface area contributed by atoms with E-state index in [1.165, 1.54) is 11.1 Å². The van der Waals surface area contributed by atoms with Crippen molar-refractivity contribution in [3.63, 3.8) is 0 Å². The van der Waals surface area contributed by atoms with E-state index in [1.54, 1.807) is 6.20 Å². The molecule has 7 nitrogen and oxygen atoms in total. The van der Waals surface area contributed by atoms with E-state index in [1.807, 2.05) is 6.07 Å². The Kier molecular flexibility index (Phi) is 4.72. The summed E-state index contributed by atoms with van der Waals surface area (Å²) in [6.45, 7) is 2.60. The van der Waals surface area contributed by atoms with Gasteiger partial charge in [-0.25, -0.2) is 9.78 Å². The Balaban J connectivity index is 1.82. The Morgan fingerprint density at radius 1 is 1.30 bits per heavy atom. The van der Waals surface area contributed by atoms with E-state index < -0.39 is 6.09 Å². The van der Waals surface area contributed by atoms with Crippen LogP contribution in [-0.4, -0.2) is 45.7 Å². The van der Waals surface area contributed by atoms with Crippen LogP contribution in [0, 0.1) is 23.2 Å². The molecule has 0 aromatic carbocycles. The first-order valence-electron chi connectivity index (χ1n) is 8.11. The molecule has 1 unspecified atom stereocenters. The van der Waals surface area contributed by atoms with Crippen molar-refractivity contribution >= 4 is 6.09 Å². The molecular formula is C16H21N5O2. The fourth-order valence-electron chi connectivity index (χ4n) is 3.84. The van der Waals surface area contributed by atoms with Gasteiger partial charge in [-0.2, -0.15) is 5.26 Å². The van der Waals surface area contributed by atoms with E-state index in [0.717, 1.165) is 38.8 Å². The second-order valence-corrected chi connectivity index (χ2v) is 6.30. The molecule has 7 heteroatoms. The molecule has 0 saturated carbocycles. The molecule has 2 N–H and O–H groups in total. The number of rotatable bonds is 2. The van der Waals surface area contributed by atoms with Crippen molar-refractivity contribution in [1.29, 1.82) is 5.26 Å². The van der Waals surface area contributed by atoms with Crippen LogP contribution in [0.5, 0.6) is 0 Å². The number of hydrogen-bond donors (Lipinski definition) is 2. The largest absolute Gasteiger partial charge is 0.465 e. The Morgan fingerprint density at radius 2 is 2.09 bits per heavy atom. The van der Waals surface area contributed by atoms with Gasteiger partial charge in [0.1, 0.15) is 6.07 Å². The molecule has 2 aliphatic rings. The summed E-state index contributed by atoms with van der Waals surface area (Å²) in [6.07, 6.45) is 6.03. The third-order valence-electron chi connectivity index (χ3n) is 5.05. The number of amides is 1. The van der Waals surface area contributed by atoms with Crippen LogP contribution >= 0.6 is 0 Å². The molecule has 2 saturated heterocycles. The van der Waals surface area contributed by atoms with E-state index in [0.29, 0.717) is 24.1 Å². The summed E-state index contributed by atoms with van der Waals surface area (Å²) in [5.41, 5.74) is 0.821. The normalized spacial score (nSPS) is 25.8. The molecular weight excluding hydrogens is 294 g/mol. The van der Waals surface area contributed by atoms with Gasteiger partial charge in [-0.3, -0.25) is 9.88 Å². The molecule has 0 radical (unpaired) electrons. The Morgan fingerprint density at radius 3 is 2.78 bits per heavy atom. The number of piperidine rings is 2. The van der Waals surface area contributed by atoms with Crippen molar-refractivity contribution in [2.75, 3.05) is 19.6 Å². The maximum Gasteiger partial charge on any atom is 0.407 e. The molecule has 1 aromatic heterocycles. The Hall–Kier alpha value is -2.20. The van der Waals surface area contributed by atoms with Crippen LogP contribution in [0.25, 0.3) is 0 Å². The van der Waals surface area contributed by atoms with Crippen molar-refractivity contribution in [3.05, 3.63) is 23.8 Å². The molecule has 3 rings (SSSR count). The van der Waals surface area contributed by atoms with Crippen molar-refractivity contribution in [3.8, 4) is 6.07 Å². The van der Waals surface area contributed by atoms with Gasteiger partial charge in [0.05, 0.1) is 24.1 Å². The molecule has 1 aromatic rings. The number of aromatic nitrogens is 2. The molecule has 0 bridgehead atoms. The van der Waals surface area contributed by atoms with Crippen LogP contribution < -0.4 is 5.32 Å². The minimum atomic E-state index is -0.928. The lowest BCUT2D eigenvalue weighted by Crippen LogP contribution is -2.43. The third kappa shape index (κ3) is 3.42. The molecule has 1 amide bonds. The lowest BCUT2D eigenvalue weighted by molar-refractivity contribution is 0.0670. The fraction of sp³-hybridized carbons (Fsp3) is 0.625. The lowest BCUT2D eigenvalue weighted by atomic mass is 9.76. The van der Waals surface area contributed by atoms with Crippen LogP contribution in [0.4, 0.5) is 4.79 Å². The first-order valence-corrected chi connectivity index (χ1v) is 8.11. The van der Waals surface area contributed by atoms with Gasteiger partial charge in [0.25, 0.3) is 0 Å². The number of likely N-dealkylation sites (tertiary alicyclic amines) is 1. The lowest BCUT2D eigenvalue weighted by Gasteiger charge is -2.41. The SMILES string of the molecule is N#Cc1cncc([C@H]2CC(C3CCNCC3)CCN2C(=O)O)n1. The zero-order valence-corrected chi connectivity index (χ0v) is 13.0. The summed E-state index contributed by atoms with van der Waals surface area (Å²) in [6, 6.07) is 1.67. The number of hydrogen-bond acceptors (Lipinski definition) is 5. The zero-order chi connectivity index (χ0) is 16.2. The van der Waals surface area contributed by atoms with Gasteiger partial charge in [-0.1, -0.05) is 0 Å². The van der Waals surface area contributed by atoms with Crippen LogP contribution in [0.1, 0.15) is 43.1 Å². The monoisotopic (exact) mass is 315 g/mol. The predicted octanol–water partition coefficient (Wildman–Crippen LogP) is 1.78. The van der Waals surface area contributed by atoms with Crippen LogP contribution in [0.3, 0.4) is 0 Å². The van der Waals surface area contributed by atoms with E-state index in [2.05, 4.69) is 15.3 Å². The van der Waals surface area contributed by atoms with Gasteiger partial charge in [-0.05, 0) is 50.6 Å². The van der Waals surface area contributed by atoms with E-state index in [4.69, 9.17) is 5.26 Å². The summed E-state index contributed by atoms with van der Waals surface area (Å²) in [7, 11) is 0. The quantitative estimate of drug-likeness (QED) is 0.862. The van der Waals surface area contributed by atoms with Crippen LogP contribution in [-0.2, 0) is 0 Å². The number of nitrogens with zero attached hydrogens (tertiary/aromatic N) is 4. The third-order valence-corrected chi connectivity index (χ3v) is 5.05. The molecule has 3 heterocycles. The maximum atomic E-state index is 11.6. The van der Waals surface area contributed by atoms with Crippen molar-refractivity contribution in [2.45, 2.75) is 31.7 Å². The smallest absolute Gasteiger partial charge is 0.407 e. The molecule has 2 atom stereocenters. The molecule has 0 spiro atoms. The first kappa shape index (κ1) is 15.7. The standard InChI is InChI=1S/C16H21N5O2/c17-8-13-9-19-10-14(20-13)15-7-12(3-6-21(15)16(22)23)11-1-4-18-5-2-11/h9-12,15,18H,1-7H2,(H,22,23)/t12?,15-/m1/s1. The summed E-state index contributed by atoms with van der Waals surface area (Å²) in [4.78, 5) is 21.4. The van der Waals surface area contributed by atoms with Crippen LogP contribution in [0.15, 0.2) is 12.4 Å². The second kappa shape index (κ2) is 6.92. The number of nitrogens with one attached hydrogen (secondary N) is 1. The van der Waals surface area contributed by atoms with Gasteiger partial charge < -0.3 is 10.4 Å². The van der Waals surface area contributed by atoms with Crippen LogP contribution in [0.2, 0.25) is 0 Å². The highest BCUT2D eigenvalue weighted by Gasteiger charge is 2.37. The van der Waals surface area contributed by atoms with Crippen molar-refractivity contribution in [2.24, 2.45) is 11.8 Å².